The third-order valence-corrected chi connectivity index (χ3v) is 4.15. The molecule has 0 aromatic heterocycles. The Kier molecular flexibility index (Phi) is 5.11. The fourth-order valence-electron chi connectivity index (χ4n) is 1.32. The van der Waals surface area contributed by atoms with E-state index in [-0.39, 0.29) is 6.04 Å². The van der Waals surface area contributed by atoms with Crippen LogP contribution in [0.2, 0.25) is 0 Å². The van der Waals surface area contributed by atoms with Crippen LogP contribution in [0.4, 0.5) is 0 Å². The highest BCUT2D eigenvalue weighted by Gasteiger charge is 2.14. The van der Waals surface area contributed by atoms with E-state index >= 15 is 0 Å². The van der Waals surface area contributed by atoms with Crippen molar-refractivity contribution in [1.82, 2.24) is 10.0 Å². The van der Waals surface area contributed by atoms with Gasteiger partial charge in [0.15, 0.2) is 0 Å². The van der Waals surface area contributed by atoms with Crippen LogP contribution in [0.5, 0.6) is 0 Å². The van der Waals surface area contributed by atoms with Crippen molar-refractivity contribution < 1.29 is 8.42 Å². The fraction of sp³-hybridized carbons (Fsp3) is 0.500. The van der Waals surface area contributed by atoms with Crippen LogP contribution in [0.1, 0.15) is 19.4 Å². The average molecular weight is 256 g/mol. The second-order valence-corrected chi connectivity index (χ2v) is 5.81. The highest BCUT2D eigenvalue weighted by Crippen LogP contribution is 2.10. The van der Waals surface area contributed by atoms with Crippen LogP contribution in [0.3, 0.4) is 0 Å². The molecule has 17 heavy (non-hydrogen) atoms. The summed E-state index contributed by atoms with van der Waals surface area (Å²) in [5.41, 5.74) is 1.13. The van der Waals surface area contributed by atoms with Gasteiger partial charge in [-0.05, 0) is 38.1 Å². The summed E-state index contributed by atoms with van der Waals surface area (Å²) in [6.45, 7) is 4.34. The number of likely N-dealkylation sites (N-methyl/N-ethyl adjacent to an activating group) is 1. The minimum absolute atomic E-state index is 0.111. The Balaban J connectivity index is 2.75. The number of nitrogens with one attached hydrogen (secondary N) is 2. The van der Waals surface area contributed by atoms with Gasteiger partial charge in [-0.15, -0.1) is 0 Å². The maximum absolute atomic E-state index is 11.9. The second-order valence-electron chi connectivity index (χ2n) is 4.04. The van der Waals surface area contributed by atoms with E-state index in [0.29, 0.717) is 11.4 Å². The molecule has 1 unspecified atom stereocenters. The number of benzene rings is 1. The summed E-state index contributed by atoms with van der Waals surface area (Å²) in [5.74, 6) is 0. The summed E-state index contributed by atoms with van der Waals surface area (Å²) < 4.78 is 26.4. The van der Waals surface area contributed by atoms with Gasteiger partial charge in [0.2, 0.25) is 10.0 Å². The van der Waals surface area contributed by atoms with Crippen molar-refractivity contribution in [3.8, 4) is 0 Å². The van der Waals surface area contributed by atoms with Crippen LogP contribution >= 0.6 is 0 Å². The van der Waals surface area contributed by atoms with E-state index in [1.54, 1.807) is 19.2 Å². The molecular weight excluding hydrogens is 236 g/mol. The van der Waals surface area contributed by atoms with Gasteiger partial charge in [-0.25, -0.2) is 13.1 Å². The van der Waals surface area contributed by atoms with Gasteiger partial charge in [0.05, 0.1) is 4.90 Å². The van der Waals surface area contributed by atoms with E-state index in [2.05, 4.69) is 10.0 Å². The summed E-state index contributed by atoms with van der Waals surface area (Å²) in [4.78, 5) is 0.318. The molecule has 0 saturated carbocycles. The molecule has 0 aliphatic carbocycles. The summed E-state index contributed by atoms with van der Waals surface area (Å²) in [6, 6.07) is 7.09. The van der Waals surface area contributed by atoms with Crippen molar-refractivity contribution in [1.29, 1.82) is 0 Å². The lowest BCUT2D eigenvalue weighted by molar-refractivity contribution is 0.554. The first-order chi connectivity index (χ1) is 7.99. The van der Waals surface area contributed by atoms with Crippen molar-refractivity contribution in [2.24, 2.45) is 0 Å². The van der Waals surface area contributed by atoms with Crippen molar-refractivity contribution in [2.75, 3.05) is 13.6 Å². The number of aryl methyl sites for hydroxylation is 1. The van der Waals surface area contributed by atoms with Gasteiger partial charge >= 0.3 is 0 Å². The van der Waals surface area contributed by atoms with Crippen molar-refractivity contribution >= 4 is 10.0 Å². The van der Waals surface area contributed by atoms with Crippen LogP contribution in [-0.4, -0.2) is 28.1 Å². The third-order valence-electron chi connectivity index (χ3n) is 2.71. The first kappa shape index (κ1) is 14.2. The SMILES string of the molecule is CCc1ccc(S(=O)(=O)NCC(C)NC)cc1. The summed E-state index contributed by atoms with van der Waals surface area (Å²) in [6.07, 6.45) is 0.907. The molecule has 0 fully saturated rings. The average Bonchev–Trinajstić information content (AvgIpc) is 2.36. The molecule has 5 heteroatoms. The van der Waals surface area contributed by atoms with Crippen molar-refractivity contribution in [2.45, 2.75) is 31.2 Å². The first-order valence-corrected chi connectivity index (χ1v) is 7.23. The Morgan fingerprint density at radius 1 is 1.24 bits per heavy atom. The Morgan fingerprint density at radius 2 is 1.82 bits per heavy atom. The van der Waals surface area contributed by atoms with Gasteiger partial charge in [-0.1, -0.05) is 19.1 Å². The Labute approximate surface area is 103 Å². The van der Waals surface area contributed by atoms with Crippen LogP contribution < -0.4 is 10.0 Å². The largest absolute Gasteiger partial charge is 0.316 e. The summed E-state index contributed by atoms with van der Waals surface area (Å²) >= 11 is 0. The lowest BCUT2D eigenvalue weighted by atomic mass is 10.2. The zero-order valence-corrected chi connectivity index (χ0v) is 11.3. The molecule has 4 nitrogen and oxygen atoms in total. The highest BCUT2D eigenvalue weighted by molar-refractivity contribution is 7.89. The maximum Gasteiger partial charge on any atom is 0.240 e. The number of hydrogen-bond donors (Lipinski definition) is 2. The third kappa shape index (κ3) is 4.11. The van der Waals surface area contributed by atoms with Gasteiger partial charge in [-0.3, -0.25) is 0 Å². The van der Waals surface area contributed by atoms with Gasteiger partial charge in [0, 0.05) is 12.6 Å². The molecule has 1 aromatic carbocycles. The zero-order valence-electron chi connectivity index (χ0n) is 10.5. The van der Waals surface area contributed by atoms with Crippen LogP contribution in [0, 0.1) is 0 Å². The van der Waals surface area contributed by atoms with Gasteiger partial charge in [0.1, 0.15) is 0 Å². The summed E-state index contributed by atoms with van der Waals surface area (Å²) in [5, 5.41) is 2.98. The molecule has 0 bridgehead atoms. The maximum atomic E-state index is 11.9. The van der Waals surface area contributed by atoms with Gasteiger partial charge in [-0.2, -0.15) is 0 Å². The van der Waals surface area contributed by atoms with Crippen molar-refractivity contribution in [3.63, 3.8) is 0 Å². The monoisotopic (exact) mass is 256 g/mol. The molecule has 2 N–H and O–H groups in total. The Hall–Kier alpha value is -0.910. The molecule has 0 aliphatic heterocycles. The van der Waals surface area contributed by atoms with E-state index < -0.39 is 10.0 Å². The molecule has 1 rings (SSSR count). The van der Waals surface area contributed by atoms with Crippen molar-refractivity contribution in [3.05, 3.63) is 29.8 Å². The predicted molar refractivity (Wildman–Crippen MR) is 69.5 cm³/mol. The fourth-order valence-corrected chi connectivity index (χ4v) is 2.45. The minimum atomic E-state index is -3.38. The van der Waals surface area contributed by atoms with E-state index in [0.717, 1.165) is 12.0 Å². The van der Waals surface area contributed by atoms with Gasteiger partial charge < -0.3 is 5.32 Å². The molecule has 0 saturated heterocycles. The molecule has 1 aromatic rings. The van der Waals surface area contributed by atoms with E-state index in [9.17, 15) is 8.42 Å². The van der Waals surface area contributed by atoms with E-state index in [1.165, 1.54) is 0 Å². The molecule has 0 radical (unpaired) electrons. The van der Waals surface area contributed by atoms with Crippen LogP contribution in [0.25, 0.3) is 0 Å². The molecule has 0 heterocycles. The number of rotatable bonds is 6. The first-order valence-electron chi connectivity index (χ1n) is 5.75. The lowest BCUT2D eigenvalue weighted by Gasteiger charge is -2.12. The zero-order chi connectivity index (χ0) is 12.9. The van der Waals surface area contributed by atoms with E-state index in [1.807, 2.05) is 26.0 Å². The molecular formula is C12H20N2O2S. The molecule has 0 aliphatic rings. The summed E-state index contributed by atoms with van der Waals surface area (Å²) in [7, 11) is -1.58. The topological polar surface area (TPSA) is 58.2 Å². The standard InChI is InChI=1S/C12H20N2O2S/c1-4-11-5-7-12(8-6-11)17(15,16)14-9-10(2)13-3/h5-8,10,13-14H,4,9H2,1-3H3. The van der Waals surface area contributed by atoms with Gasteiger partial charge in [0.25, 0.3) is 0 Å². The Bertz CT molecular complexity index is 440. The van der Waals surface area contributed by atoms with Crippen LogP contribution in [0.15, 0.2) is 29.2 Å². The minimum Gasteiger partial charge on any atom is -0.316 e. The second kappa shape index (κ2) is 6.14. The highest BCUT2D eigenvalue weighted by atomic mass is 32.2. The smallest absolute Gasteiger partial charge is 0.240 e. The molecule has 96 valence electrons. The number of sulfonamides is 1. The predicted octanol–water partition coefficient (Wildman–Crippen LogP) is 1.14. The number of hydrogen-bond acceptors (Lipinski definition) is 3. The molecule has 0 amide bonds. The van der Waals surface area contributed by atoms with E-state index in [4.69, 9.17) is 0 Å². The lowest BCUT2D eigenvalue weighted by Crippen LogP contribution is -2.37. The van der Waals surface area contributed by atoms with Crippen LogP contribution in [-0.2, 0) is 16.4 Å². The quantitative estimate of drug-likeness (QED) is 0.802. The molecule has 0 spiro atoms. The Morgan fingerprint density at radius 3 is 2.29 bits per heavy atom. The normalized spacial score (nSPS) is 13.6. The molecule has 1 atom stereocenters.